The lowest BCUT2D eigenvalue weighted by molar-refractivity contribution is 0.00738. The summed E-state index contributed by atoms with van der Waals surface area (Å²) < 4.78 is 10.8. The number of rotatable bonds is 11. The van der Waals surface area contributed by atoms with Gasteiger partial charge in [0.25, 0.3) is 5.56 Å². The van der Waals surface area contributed by atoms with E-state index in [1.54, 1.807) is 20.8 Å². The van der Waals surface area contributed by atoms with Crippen LogP contribution >= 0.6 is 11.3 Å². The number of aliphatic hydroxyl groups excluding tert-OH is 1. The lowest BCUT2D eigenvalue weighted by Gasteiger charge is -2.23. The van der Waals surface area contributed by atoms with Gasteiger partial charge in [-0.25, -0.2) is 9.78 Å². The van der Waals surface area contributed by atoms with Gasteiger partial charge in [0.05, 0.1) is 30.7 Å². The number of thiophene rings is 1. The molecule has 1 atom stereocenters. The van der Waals surface area contributed by atoms with Crippen molar-refractivity contribution in [3.05, 3.63) is 26.6 Å². The first-order valence-electron chi connectivity index (χ1n) is 10.3. The van der Waals surface area contributed by atoms with Crippen LogP contribution in [0.25, 0.3) is 10.2 Å². The van der Waals surface area contributed by atoms with E-state index in [1.807, 2.05) is 11.8 Å². The maximum absolute atomic E-state index is 12.6. The number of hydrogen-bond donors (Lipinski definition) is 2. The molecule has 2 heterocycles. The molecule has 2 aromatic heterocycles. The quantitative estimate of drug-likeness (QED) is 0.519. The van der Waals surface area contributed by atoms with Crippen LogP contribution in [0.4, 0.5) is 0 Å². The standard InChI is InChI=1S/C21H33N3O5S/c1-7-24(8-15(25)11-28-10-12(2)3)9-16-22-19(26)17-14(6)18(30-20(17)23-16)21(27)29-13(4)5/h12-13,15,25H,7-11H2,1-6H3,(H,22,23,26)/t15-/m0/s1. The average Bonchev–Trinajstić information content (AvgIpc) is 2.97. The minimum Gasteiger partial charge on any atom is -0.459 e. The largest absolute Gasteiger partial charge is 0.459 e. The van der Waals surface area contributed by atoms with Gasteiger partial charge in [0.1, 0.15) is 15.5 Å². The highest BCUT2D eigenvalue weighted by Crippen LogP contribution is 2.28. The number of likely N-dealkylation sites (N-methyl/N-ethyl adjacent to an activating group) is 1. The van der Waals surface area contributed by atoms with Gasteiger partial charge < -0.3 is 19.6 Å². The number of esters is 1. The Bertz CT molecular complexity index is 906. The molecule has 0 aliphatic heterocycles. The number of aromatic amines is 1. The van der Waals surface area contributed by atoms with Crippen molar-refractivity contribution in [2.75, 3.05) is 26.3 Å². The van der Waals surface area contributed by atoms with Gasteiger partial charge in [0.15, 0.2) is 0 Å². The van der Waals surface area contributed by atoms with Crippen LogP contribution in [0.1, 0.15) is 55.7 Å². The van der Waals surface area contributed by atoms with Crippen LogP contribution in [0.5, 0.6) is 0 Å². The number of H-pyrrole nitrogens is 1. The van der Waals surface area contributed by atoms with Crippen molar-refractivity contribution < 1.29 is 19.4 Å². The Balaban J connectivity index is 2.15. The molecule has 30 heavy (non-hydrogen) atoms. The van der Waals surface area contributed by atoms with Gasteiger partial charge >= 0.3 is 5.97 Å². The molecule has 0 fully saturated rings. The second kappa shape index (κ2) is 11.0. The van der Waals surface area contributed by atoms with Crippen molar-refractivity contribution in [1.29, 1.82) is 0 Å². The minimum absolute atomic E-state index is 0.238. The topological polar surface area (TPSA) is 105 Å². The highest BCUT2D eigenvalue weighted by atomic mass is 32.1. The van der Waals surface area contributed by atoms with E-state index in [0.29, 0.717) is 58.6 Å². The van der Waals surface area contributed by atoms with Crippen LogP contribution in [0.15, 0.2) is 4.79 Å². The Morgan fingerprint density at radius 3 is 2.57 bits per heavy atom. The number of aliphatic hydroxyl groups is 1. The lowest BCUT2D eigenvalue weighted by atomic mass is 10.2. The number of ether oxygens (including phenoxy) is 2. The number of hydrogen-bond acceptors (Lipinski definition) is 8. The fraction of sp³-hybridized carbons (Fsp3) is 0.667. The molecule has 0 aliphatic carbocycles. The van der Waals surface area contributed by atoms with Crippen LogP contribution in [-0.2, 0) is 16.0 Å². The Morgan fingerprint density at radius 2 is 1.97 bits per heavy atom. The van der Waals surface area contributed by atoms with E-state index in [0.717, 1.165) is 0 Å². The molecular formula is C21H33N3O5S. The van der Waals surface area contributed by atoms with Crippen LogP contribution < -0.4 is 5.56 Å². The van der Waals surface area contributed by atoms with Crippen molar-refractivity contribution in [3.63, 3.8) is 0 Å². The Morgan fingerprint density at radius 1 is 1.27 bits per heavy atom. The molecule has 168 valence electrons. The molecule has 0 unspecified atom stereocenters. The molecule has 0 aromatic carbocycles. The Labute approximate surface area is 181 Å². The Hall–Kier alpha value is -1.81. The number of fused-ring (bicyclic) bond motifs is 1. The molecule has 2 rings (SSSR count). The zero-order valence-corrected chi connectivity index (χ0v) is 19.5. The zero-order valence-electron chi connectivity index (χ0n) is 18.7. The molecule has 2 N–H and O–H groups in total. The summed E-state index contributed by atoms with van der Waals surface area (Å²) in [6, 6.07) is 0. The third kappa shape index (κ3) is 6.60. The molecule has 0 aliphatic rings. The maximum atomic E-state index is 12.6. The predicted octanol–water partition coefficient (Wildman–Crippen LogP) is 2.71. The first kappa shape index (κ1) is 24.5. The number of nitrogens with one attached hydrogen (secondary N) is 1. The van der Waals surface area contributed by atoms with E-state index in [2.05, 4.69) is 23.8 Å². The van der Waals surface area contributed by atoms with Crippen molar-refractivity contribution in [2.24, 2.45) is 5.92 Å². The van der Waals surface area contributed by atoms with E-state index >= 15 is 0 Å². The second-order valence-corrected chi connectivity index (χ2v) is 9.11. The summed E-state index contributed by atoms with van der Waals surface area (Å²) in [5.41, 5.74) is 0.315. The first-order valence-corrected chi connectivity index (χ1v) is 11.1. The van der Waals surface area contributed by atoms with Crippen LogP contribution in [0.3, 0.4) is 0 Å². The SMILES string of the molecule is CCN(Cc1nc2sc(C(=O)OC(C)C)c(C)c2c(=O)[nH]1)C[C@H](O)COCC(C)C. The molecule has 0 amide bonds. The van der Waals surface area contributed by atoms with Gasteiger partial charge in [-0.1, -0.05) is 20.8 Å². The van der Waals surface area contributed by atoms with E-state index in [9.17, 15) is 14.7 Å². The van der Waals surface area contributed by atoms with Gasteiger partial charge in [-0.2, -0.15) is 0 Å². The molecule has 0 radical (unpaired) electrons. The third-order valence-electron chi connectivity index (χ3n) is 4.43. The maximum Gasteiger partial charge on any atom is 0.348 e. The molecule has 0 bridgehead atoms. The monoisotopic (exact) mass is 439 g/mol. The van der Waals surface area contributed by atoms with E-state index in [1.165, 1.54) is 11.3 Å². The smallest absolute Gasteiger partial charge is 0.348 e. The molecular weight excluding hydrogens is 406 g/mol. The van der Waals surface area contributed by atoms with Gasteiger partial charge in [0, 0.05) is 13.2 Å². The van der Waals surface area contributed by atoms with Gasteiger partial charge in [0.2, 0.25) is 0 Å². The highest BCUT2D eigenvalue weighted by Gasteiger charge is 2.22. The normalized spacial score (nSPS) is 13.0. The molecule has 8 nitrogen and oxygen atoms in total. The van der Waals surface area contributed by atoms with Gasteiger partial charge in [-0.3, -0.25) is 9.69 Å². The van der Waals surface area contributed by atoms with E-state index < -0.39 is 12.1 Å². The number of aromatic nitrogens is 2. The van der Waals surface area contributed by atoms with Crippen molar-refractivity contribution in [3.8, 4) is 0 Å². The van der Waals surface area contributed by atoms with Crippen molar-refractivity contribution in [1.82, 2.24) is 14.9 Å². The molecule has 0 spiro atoms. The van der Waals surface area contributed by atoms with Crippen molar-refractivity contribution >= 4 is 27.5 Å². The molecule has 0 saturated carbocycles. The fourth-order valence-corrected chi connectivity index (χ4v) is 4.12. The fourth-order valence-electron chi connectivity index (χ4n) is 3.03. The van der Waals surface area contributed by atoms with E-state index in [-0.39, 0.29) is 18.3 Å². The molecule has 9 heteroatoms. The van der Waals surface area contributed by atoms with Crippen molar-refractivity contribution in [2.45, 2.75) is 60.3 Å². The van der Waals surface area contributed by atoms with Crippen LogP contribution in [0, 0.1) is 12.8 Å². The number of aryl methyl sites for hydroxylation is 1. The predicted molar refractivity (Wildman–Crippen MR) is 118 cm³/mol. The summed E-state index contributed by atoms with van der Waals surface area (Å²) in [6.07, 6.45) is -0.862. The summed E-state index contributed by atoms with van der Waals surface area (Å²) in [7, 11) is 0. The van der Waals surface area contributed by atoms with Crippen LogP contribution in [-0.4, -0.2) is 64.5 Å². The number of carbonyl (C=O) groups excluding carboxylic acids is 1. The first-order chi connectivity index (χ1) is 14.1. The number of carbonyl (C=O) groups is 1. The lowest BCUT2D eigenvalue weighted by Crippen LogP contribution is -2.35. The van der Waals surface area contributed by atoms with Crippen LogP contribution in [0.2, 0.25) is 0 Å². The van der Waals surface area contributed by atoms with Gasteiger partial charge in [-0.05, 0) is 38.8 Å². The average molecular weight is 440 g/mol. The summed E-state index contributed by atoms with van der Waals surface area (Å²) in [4.78, 5) is 35.2. The summed E-state index contributed by atoms with van der Waals surface area (Å²) >= 11 is 1.17. The van der Waals surface area contributed by atoms with E-state index in [4.69, 9.17) is 9.47 Å². The Kier molecular flexibility index (Phi) is 8.96. The third-order valence-corrected chi connectivity index (χ3v) is 5.59. The van der Waals surface area contributed by atoms with Gasteiger partial charge in [-0.15, -0.1) is 11.3 Å². The molecule has 0 saturated heterocycles. The second-order valence-electron chi connectivity index (χ2n) is 8.12. The summed E-state index contributed by atoms with van der Waals surface area (Å²) in [5.74, 6) is 0.471. The minimum atomic E-state index is -0.624. The zero-order chi connectivity index (χ0) is 22.4. The highest BCUT2D eigenvalue weighted by molar-refractivity contribution is 7.20. The summed E-state index contributed by atoms with van der Waals surface area (Å²) in [5, 5.41) is 10.7. The molecule has 2 aromatic rings. The number of nitrogens with zero attached hydrogens (tertiary/aromatic N) is 2. The summed E-state index contributed by atoms with van der Waals surface area (Å²) in [6.45, 7) is 13.7.